The van der Waals surface area contributed by atoms with Crippen molar-refractivity contribution in [1.29, 1.82) is 0 Å². The molecule has 0 aliphatic carbocycles. The van der Waals surface area contributed by atoms with Gasteiger partial charge in [-0.1, -0.05) is 12.1 Å². The molecule has 1 amide bonds. The van der Waals surface area contributed by atoms with Crippen LogP contribution in [0.15, 0.2) is 22.9 Å². The molecule has 28 heavy (non-hydrogen) atoms. The quantitative estimate of drug-likeness (QED) is 0.750. The fraction of sp³-hybridized carbons (Fsp3) is 0.600. The third-order valence-electron chi connectivity index (χ3n) is 4.50. The molecule has 2 aromatic heterocycles. The number of nitrogens with zero attached hydrogens (tertiary/aromatic N) is 4. The third kappa shape index (κ3) is 4.79. The van der Waals surface area contributed by atoms with E-state index in [9.17, 15) is 4.79 Å². The molecule has 8 heteroatoms. The lowest BCUT2D eigenvalue weighted by atomic mass is 10.2. The van der Waals surface area contributed by atoms with Crippen LogP contribution in [0.4, 0.5) is 4.79 Å². The zero-order valence-corrected chi connectivity index (χ0v) is 17.1. The number of rotatable bonds is 5. The topological polar surface area (TPSA) is 90.6 Å². The molecule has 3 heterocycles. The number of pyridine rings is 1. The SMILES string of the molecule is CCC(C)Oc1cc(-c2nc(C3CCCN3C(=O)OC(C)(C)C)no2)ccn1. The van der Waals surface area contributed by atoms with E-state index in [0.717, 1.165) is 24.8 Å². The van der Waals surface area contributed by atoms with Gasteiger partial charge in [-0.15, -0.1) is 0 Å². The van der Waals surface area contributed by atoms with Gasteiger partial charge < -0.3 is 14.0 Å². The van der Waals surface area contributed by atoms with Crippen LogP contribution < -0.4 is 4.74 Å². The molecule has 0 radical (unpaired) electrons. The number of aromatic nitrogens is 3. The molecule has 1 saturated heterocycles. The molecule has 2 aromatic rings. The molecule has 0 spiro atoms. The third-order valence-corrected chi connectivity index (χ3v) is 4.50. The van der Waals surface area contributed by atoms with Gasteiger partial charge >= 0.3 is 6.09 Å². The molecule has 0 aromatic carbocycles. The maximum Gasteiger partial charge on any atom is 0.410 e. The van der Waals surface area contributed by atoms with Crippen LogP contribution in [0.25, 0.3) is 11.5 Å². The van der Waals surface area contributed by atoms with Gasteiger partial charge in [-0.3, -0.25) is 4.90 Å². The summed E-state index contributed by atoms with van der Waals surface area (Å²) in [6.45, 7) is 10.2. The maximum atomic E-state index is 12.5. The molecular formula is C20H28N4O4. The Morgan fingerprint density at radius 1 is 1.43 bits per heavy atom. The van der Waals surface area contributed by atoms with Gasteiger partial charge in [-0.05, 0) is 53.0 Å². The number of ether oxygens (including phenoxy) is 2. The molecule has 0 bridgehead atoms. The predicted octanol–water partition coefficient (Wildman–Crippen LogP) is 4.38. The van der Waals surface area contributed by atoms with Crippen molar-refractivity contribution < 1.29 is 18.8 Å². The average Bonchev–Trinajstić information content (AvgIpc) is 3.29. The van der Waals surface area contributed by atoms with Crippen LogP contribution in [0.1, 0.15) is 65.7 Å². The van der Waals surface area contributed by atoms with Crippen LogP contribution >= 0.6 is 0 Å². The van der Waals surface area contributed by atoms with E-state index in [-0.39, 0.29) is 18.2 Å². The summed E-state index contributed by atoms with van der Waals surface area (Å²) in [5.74, 6) is 1.38. The summed E-state index contributed by atoms with van der Waals surface area (Å²) in [5.41, 5.74) is 0.185. The standard InChI is InChI=1S/C20H28N4O4/c1-6-13(2)26-16-12-14(9-10-21-16)18-22-17(23-28-18)15-8-7-11-24(15)19(25)27-20(3,4)5/h9-10,12-13,15H,6-8,11H2,1-5H3. The van der Waals surface area contributed by atoms with Crippen molar-refractivity contribution in [2.45, 2.75) is 71.6 Å². The van der Waals surface area contributed by atoms with Gasteiger partial charge in [0.25, 0.3) is 5.89 Å². The van der Waals surface area contributed by atoms with E-state index in [2.05, 4.69) is 22.0 Å². The Bertz CT molecular complexity index is 815. The molecule has 1 fully saturated rings. The minimum absolute atomic E-state index is 0.0712. The second-order valence-corrected chi connectivity index (χ2v) is 8.01. The van der Waals surface area contributed by atoms with Crippen molar-refractivity contribution in [3.63, 3.8) is 0 Å². The Morgan fingerprint density at radius 3 is 2.93 bits per heavy atom. The first-order valence-electron chi connectivity index (χ1n) is 9.73. The fourth-order valence-corrected chi connectivity index (χ4v) is 2.96. The molecule has 0 N–H and O–H groups in total. The minimum Gasteiger partial charge on any atom is -0.475 e. The highest BCUT2D eigenvalue weighted by Crippen LogP contribution is 2.33. The summed E-state index contributed by atoms with van der Waals surface area (Å²) < 4.78 is 16.7. The van der Waals surface area contributed by atoms with E-state index in [1.165, 1.54) is 0 Å². The maximum absolute atomic E-state index is 12.5. The zero-order chi connectivity index (χ0) is 20.3. The normalized spacial score (nSPS) is 18.2. The van der Waals surface area contributed by atoms with E-state index in [1.54, 1.807) is 23.2 Å². The van der Waals surface area contributed by atoms with E-state index in [1.807, 2.05) is 27.7 Å². The first-order chi connectivity index (χ1) is 13.3. The number of hydrogen-bond donors (Lipinski definition) is 0. The Morgan fingerprint density at radius 2 is 2.21 bits per heavy atom. The van der Waals surface area contributed by atoms with Crippen LogP contribution in [-0.2, 0) is 4.74 Å². The second kappa shape index (κ2) is 8.16. The van der Waals surface area contributed by atoms with Crippen molar-refractivity contribution in [3.8, 4) is 17.3 Å². The van der Waals surface area contributed by atoms with Crippen LogP contribution in [0.5, 0.6) is 5.88 Å². The van der Waals surface area contributed by atoms with Crippen molar-refractivity contribution in [2.24, 2.45) is 0 Å². The first kappa shape index (κ1) is 20.1. The molecule has 1 aliphatic heterocycles. The molecule has 2 unspecified atom stereocenters. The van der Waals surface area contributed by atoms with Gasteiger partial charge in [0.2, 0.25) is 5.88 Å². The number of carbonyl (C=O) groups excluding carboxylic acids is 1. The molecule has 152 valence electrons. The smallest absolute Gasteiger partial charge is 0.410 e. The lowest BCUT2D eigenvalue weighted by Crippen LogP contribution is -2.36. The van der Waals surface area contributed by atoms with Gasteiger partial charge in [0.1, 0.15) is 5.60 Å². The zero-order valence-electron chi connectivity index (χ0n) is 17.1. The van der Waals surface area contributed by atoms with Gasteiger partial charge in [-0.25, -0.2) is 9.78 Å². The summed E-state index contributed by atoms with van der Waals surface area (Å²) in [6.07, 6.45) is 3.90. The average molecular weight is 388 g/mol. The van der Waals surface area contributed by atoms with E-state index in [0.29, 0.717) is 24.1 Å². The van der Waals surface area contributed by atoms with Gasteiger partial charge in [-0.2, -0.15) is 4.98 Å². The Hall–Kier alpha value is -2.64. The lowest BCUT2D eigenvalue weighted by Gasteiger charge is -2.27. The number of amides is 1. The Labute approximate surface area is 165 Å². The monoisotopic (exact) mass is 388 g/mol. The number of hydrogen-bond acceptors (Lipinski definition) is 7. The summed E-state index contributed by atoms with van der Waals surface area (Å²) in [7, 11) is 0. The van der Waals surface area contributed by atoms with Gasteiger partial charge in [0.15, 0.2) is 5.82 Å². The molecule has 1 aliphatic rings. The highest BCUT2D eigenvalue weighted by Gasteiger charge is 2.36. The van der Waals surface area contributed by atoms with E-state index < -0.39 is 5.60 Å². The first-order valence-corrected chi connectivity index (χ1v) is 9.73. The largest absolute Gasteiger partial charge is 0.475 e. The number of likely N-dealkylation sites (tertiary alicyclic amines) is 1. The van der Waals surface area contributed by atoms with Crippen molar-refractivity contribution in [2.75, 3.05) is 6.54 Å². The predicted molar refractivity (Wildman–Crippen MR) is 103 cm³/mol. The summed E-state index contributed by atoms with van der Waals surface area (Å²) in [5, 5.41) is 4.11. The summed E-state index contributed by atoms with van der Waals surface area (Å²) in [4.78, 5) is 22.9. The molecular weight excluding hydrogens is 360 g/mol. The van der Waals surface area contributed by atoms with Crippen molar-refractivity contribution in [1.82, 2.24) is 20.0 Å². The Kier molecular flexibility index (Phi) is 5.86. The molecule has 3 rings (SSSR count). The Balaban J connectivity index is 1.76. The van der Waals surface area contributed by atoms with Gasteiger partial charge in [0, 0.05) is 24.4 Å². The molecule has 2 atom stereocenters. The second-order valence-electron chi connectivity index (χ2n) is 8.01. The van der Waals surface area contributed by atoms with Crippen LogP contribution in [0.3, 0.4) is 0 Å². The van der Waals surface area contributed by atoms with Crippen molar-refractivity contribution >= 4 is 6.09 Å². The van der Waals surface area contributed by atoms with E-state index in [4.69, 9.17) is 14.0 Å². The fourth-order valence-electron chi connectivity index (χ4n) is 2.96. The van der Waals surface area contributed by atoms with Crippen LogP contribution in [-0.4, -0.2) is 44.4 Å². The highest BCUT2D eigenvalue weighted by molar-refractivity contribution is 5.69. The van der Waals surface area contributed by atoms with Crippen LogP contribution in [0.2, 0.25) is 0 Å². The summed E-state index contributed by atoms with van der Waals surface area (Å²) in [6, 6.07) is 3.33. The van der Waals surface area contributed by atoms with Crippen molar-refractivity contribution in [3.05, 3.63) is 24.2 Å². The molecule has 8 nitrogen and oxygen atoms in total. The number of carbonyl (C=O) groups is 1. The highest BCUT2D eigenvalue weighted by atomic mass is 16.6. The lowest BCUT2D eigenvalue weighted by molar-refractivity contribution is 0.0217. The van der Waals surface area contributed by atoms with Crippen LogP contribution in [0, 0.1) is 0 Å². The van der Waals surface area contributed by atoms with Gasteiger partial charge in [0.05, 0.1) is 12.1 Å². The molecule has 0 saturated carbocycles. The van der Waals surface area contributed by atoms with E-state index >= 15 is 0 Å². The summed E-state index contributed by atoms with van der Waals surface area (Å²) >= 11 is 0. The minimum atomic E-state index is -0.546.